The first-order chi connectivity index (χ1) is 9.22. The molecule has 0 saturated carbocycles. The summed E-state index contributed by atoms with van der Waals surface area (Å²) in [6, 6.07) is 9.45. The third-order valence-electron chi connectivity index (χ3n) is 2.55. The van der Waals surface area contributed by atoms with Gasteiger partial charge in [-0.1, -0.05) is 11.8 Å². The van der Waals surface area contributed by atoms with Crippen LogP contribution in [-0.4, -0.2) is 15.0 Å². The van der Waals surface area contributed by atoms with E-state index in [0.29, 0.717) is 11.2 Å². The fourth-order valence-corrected chi connectivity index (χ4v) is 2.57. The predicted molar refractivity (Wildman–Crippen MR) is 75.1 cm³/mol. The van der Waals surface area contributed by atoms with Gasteiger partial charge in [0.05, 0.1) is 6.20 Å². The molecule has 1 aromatic carbocycles. The summed E-state index contributed by atoms with van der Waals surface area (Å²) in [6.45, 7) is 0. The molecule has 19 heavy (non-hydrogen) atoms. The van der Waals surface area contributed by atoms with E-state index in [1.54, 1.807) is 18.0 Å². The highest BCUT2D eigenvalue weighted by molar-refractivity contribution is 7.99. The summed E-state index contributed by atoms with van der Waals surface area (Å²) < 4.78 is 0. The molecule has 2 aromatic heterocycles. The van der Waals surface area contributed by atoms with Gasteiger partial charge in [0.25, 0.3) is 5.56 Å². The maximum Gasteiger partial charge on any atom is 0.268 e. The lowest BCUT2D eigenvalue weighted by Gasteiger charge is -2.04. The number of aromatic amines is 1. The molecule has 0 atom stereocenters. The van der Waals surface area contributed by atoms with Crippen molar-refractivity contribution in [3.63, 3.8) is 0 Å². The number of hydrogen-bond donors (Lipinski definition) is 2. The Hall–Kier alpha value is -2.34. The Balaban J connectivity index is 2.05. The number of anilines is 1. The second-order valence-electron chi connectivity index (χ2n) is 3.92. The van der Waals surface area contributed by atoms with Gasteiger partial charge in [-0.2, -0.15) is 0 Å². The van der Waals surface area contributed by atoms with Gasteiger partial charge in [-0.15, -0.1) is 0 Å². The van der Waals surface area contributed by atoms with Crippen LogP contribution in [0.5, 0.6) is 0 Å². The van der Waals surface area contributed by atoms with Crippen molar-refractivity contribution < 1.29 is 0 Å². The number of nitrogens with one attached hydrogen (secondary N) is 1. The molecular formula is C13H10N4OS. The van der Waals surface area contributed by atoms with Gasteiger partial charge >= 0.3 is 0 Å². The highest BCUT2D eigenvalue weighted by atomic mass is 32.2. The van der Waals surface area contributed by atoms with E-state index in [4.69, 9.17) is 5.73 Å². The van der Waals surface area contributed by atoms with Crippen molar-refractivity contribution in [2.24, 2.45) is 0 Å². The summed E-state index contributed by atoms with van der Waals surface area (Å²) in [5.74, 6) is 0. The largest absolute Gasteiger partial charge is 0.399 e. The quantitative estimate of drug-likeness (QED) is 0.696. The number of nitrogens with two attached hydrogens (primary N) is 1. The number of H-pyrrole nitrogens is 1. The van der Waals surface area contributed by atoms with Gasteiger partial charge in [-0.25, -0.2) is 9.97 Å². The molecule has 0 saturated heterocycles. The molecule has 0 aliphatic heterocycles. The van der Waals surface area contributed by atoms with Gasteiger partial charge in [-0.3, -0.25) is 4.79 Å². The predicted octanol–water partition coefficient (Wildman–Crippen LogP) is 2.05. The summed E-state index contributed by atoms with van der Waals surface area (Å²) in [5.41, 5.74) is 7.31. The molecule has 0 spiro atoms. The summed E-state index contributed by atoms with van der Waals surface area (Å²) in [6.07, 6.45) is 2.91. The van der Waals surface area contributed by atoms with E-state index in [2.05, 4.69) is 15.0 Å². The van der Waals surface area contributed by atoms with Crippen molar-refractivity contribution in [1.82, 2.24) is 15.0 Å². The highest BCUT2D eigenvalue weighted by Crippen LogP contribution is 2.31. The Morgan fingerprint density at radius 1 is 1.11 bits per heavy atom. The van der Waals surface area contributed by atoms with Crippen LogP contribution in [0.2, 0.25) is 0 Å². The Morgan fingerprint density at radius 3 is 2.68 bits per heavy atom. The molecule has 94 valence electrons. The van der Waals surface area contributed by atoms with Crippen LogP contribution < -0.4 is 11.3 Å². The van der Waals surface area contributed by atoms with Gasteiger partial charge in [0, 0.05) is 21.7 Å². The minimum atomic E-state index is -0.255. The molecule has 0 radical (unpaired) electrons. The average Bonchev–Trinajstić information content (AvgIpc) is 2.41. The molecule has 6 heteroatoms. The monoisotopic (exact) mass is 270 g/mol. The Morgan fingerprint density at radius 2 is 1.89 bits per heavy atom. The Kier molecular flexibility index (Phi) is 2.92. The van der Waals surface area contributed by atoms with E-state index in [0.717, 1.165) is 15.5 Å². The zero-order valence-corrected chi connectivity index (χ0v) is 10.6. The van der Waals surface area contributed by atoms with Crippen molar-refractivity contribution >= 4 is 28.6 Å². The lowest BCUT2D eigenvalue weighted by Crippen LogP contribution is -2.06. The SMILES string of the molecule is Nc1ccc(Sc2ccnc3[nH]c(=O)cnc23)cc1. The van der Waals surface area contributed by atoms with Crippen molar-refractivity contribution in [3.8, 4) is 0 Å². The van der Waals surface area contributed by atoms with Crippen molar-refractivity contribution in [1.29, 1.82) is 0 Å². The summed E-state index contributed by atoms with van der Waals surface area (Å²) in [5, 5.41) is 0. The van der Waals surface area contributed by atoms with Crippen LogP contribution in [0.25, 0.3) is 11.2 Å². The molecule has 0 amide bonds. The minimum Gasteiger partial charge on any atom is -0.399 e. The topological polar surface area (TPSA) is 84.7 Å². The molecule has 3 aromatic rings. The third kappa shape index (κ3) is 2.43. The molecular weight excluding hydrogens is 260 g/mol. The van der Waals surface area contributed by atoms with E-state index in [-0.39, 0.29) is 5.56 Å². The number of hydrogen-bond acceptors (Lipinski definition) is 5. The Bertz CT molecular complexity index is 783. The number of benzene rings is 1. The number of rotatable bonds is 2. The smallest absolute Gasteiger partial charge is 0.268 e. The number of fused-ring (bicyclic) bond motifs is 1. The second kappa shape index (κ2) is 4.74. The first-order valence-corrected chi connectivity index (χ1v) is 6.41. The van der Waals surface area contributed by atoms with Crippen LogP contribution in [0.3, 0.4) is 0 Å². The van der Waals surface area contributed by atoms with E-state index in [1.165, 1.54) is 6.20 Å². The van der Waals surface area contributed by atoms with Crippen molar-refractivity contribution in [3.05, 3.63) is 53.1 Å². The maximum atomic E-state index is 11.2. The van der Waals surface area contributed by atoms with Crippen LogP contribution in [0.15, 0.2) is 57.3 Å². The van der Waals surface area contributed by atoms with E-state index >= 15 is 0 Å². The zero-order chi connectivity index (χ0) is 13.2. The minimum absolute atomic E-state index is 0.255. The molecule has 0 aliphatic carbocycles. The number of pyridine rings is 1. The van der Waals surface area contributed by atoms with Crippen LogP contribution in [-0.2, 0) is 0 Å². The standard InChI is InChI=1S/C13H10N4OS/c14-8-1-3-9(4-2-8)19-10-5-6-15-13-12(10)16-7-11(18)17-13/h1-7H,14H2,(H,15,17,18). The fraction of sp³-hybridized carbons (Fsp3) is 0. The van der Waals surface area contributed by atoms with Gasteiger partial charge < -0.3 is 10.7 Å². The van der Waals surface area contributed by atoms with E-state index < -0.39 is 0 Å². The highest BCUT2D eigenvalue weighted by Gasteiger charge is 2.06. The van der Waals surface area contributed by atoms with Crippen LogP contribution >= 0.6 is 11.8 Å². The van der Waals surface area contributed by atoms with Crippen LogP contribution in [0.1, 0.15) is 0 Å². The number of nitrogens with zero attached hydrogens (tertiary/aromatic N) is 2. The number of nitrogen functional groups attached to an aromatic ring is 1. The third-order valence-corrected chi connectivity index (χ3v) is 3.60. The van der Waals surface area contributed by atoms with E-state index in [1.807, 2.05) is 30.3 Å². The lowest BCUT2D eigenvalue weighted by atomic mass is 10.3. The van der Waals surface area contributed by atoms with Crippen LogP contribution in [0, 0.1) is 0 Å². The average molecular weight is 270 g/mol. The normalized spacial score (nSPS) is 10.7. The second-order valence-corrected chi connectivity index (χ2v) is 5.04. The molecule has 0 aliphatic rings. The zero-order valence-electron chi connectivity index (χ0n) is 9.83. The molecule has 0 unspecified atom stereocenters. The molecule has 5 nitrogen and oxygen atoms in total. The van der Waals surface area contributed by atoms with Crippen molar-refractivity contribution in [2.75, 3.05) is 5.73 Å². The van der Waals surface area contributed by atoms with Crippen molar-refractivity contribution in [2.45, 2.75) is 9.79 Å². The summed E-state index contributed by atoms with van der Waals surface area (Å²) >= 11 is 1.55. The first-order valence-electron chi connectivity index (χ1n) is 5.60. The van der Waals surface area contributed by atoms with Gasteiger partial charge in [0.15, 0.2) is 5.65 Å². The van der Waals surface area contributed by atoms with Gasteiger partial charge in [0.1, 0.15) is 5.52 Å². The lowest BCUT2D eigenvalue weighted by molar-refractivity contribution is 1.14. The number of aromatic nitrogens is 3. The molecule has 3 N–H and O–H groups in total. The molecule has 3 rings (SSSR count). The molecule has 0 bridgehead atoms. The first kappa shape index (κ1) is 11.7. The molecule has 2 heterocycles. The summed E-state index contributed by atoms with van der Waals surface area (Å²) in [7, 11) is 0. The van der Waals surface area contributed by atoms with Gasteiger partial charge in [-0.05, 0) is 30.3 Å². The van der Waals surface area contributed by atoms with Crippen LogP contribution in [0.4, 0.5) is 5.69 Å². The summed E-state index contributed by atoms with van der Waals surface area (Å²) in [4.78, 5) is 24.1. The molecule has 0 fully saturated rings. The Labute approximate surface area is 112 Å². The maximum absolute atomic E-state index is 11.2. The van der Waals surface area contributed by atoms with E-state index in [9.17, 15) is 4.79 Å². The fourth-order valence-electron chi connectivity index (χ4n) is 1.67. The van der Waals surface area contributed by atoms with Gasteiger partial charge in [0.2, 0.25) is 0 Å².